The van der Waals surface area contributed by atoms with Crippen molar-refractivity contribution >= 4 is 23.1 Å². The number of thioether (sulfide) groups is 1. The van der Waals surface area contributed by atoms with Gasteiger partial charge in [0.2, 0.25) is 0 Å². The Bertz CT molecular complexity index is 196. The van der Waals surface area contributed by atoms with Gasteiger partial charge in [-0.05, 0) is 0 Å². The lowest BCUT2D eigenvalue weighted by atomic mass is 10.6. The smallest absolute Gasteiger partial charge is 0.149 e. The minimum Gasteiger partial charge on any atom is -0.372 e. The molecule has 1 saturated heterocycles. The number of ether oxygens (including phenoxy) is 1. The van der Waals surface area contributed by atoms with Crippen LogP contribution in [0.2, 0.25) is 0 Å². The first kappa shape index (κ1) is 6.64. The van der Waals surface area contributed by atoms with Crippen LogP contribution in [0.3, 0.4) is 0 Å². The molecule has 2 rings (SSSR count). The molecule has 0 aromatic carbocycles. The second-order valence-electron chi connectivity index (χ2n) is 2.06. The van der Waals surface area contributed by atoms with E-state index < -0.39 is 0 Å². The highest BCUT2D eigenvalue weighted by molar-refractivity contribution is 8.01. The van der Waals surface area contributed by atoms with Gasteiger partial charge in [-0.25, -0.2) is 4.98 Å². The van der Waals surface area contributed by atoms with Crippen molar-refractivity contribution < 1.29 is 4.74 Å². The Morgan fingerprint density at radius 1 is 1.90 bits per heavy atom. The number of rotatable bonds is 3. The quantitative estimate of drug-likeness (QED) is 0.513. The lowest BCUT2D eigenvalue weighted by molar-refractivity contribution is 0.426. The topological polar surface area (TPSA) is 25.4 Å². The predicted molar refractivity (Wildman–Crippen MR) is 42.6 cm³/mol. The van der Waals surface area contributed by atoms with Gasteiger partial charge in [-0.1, -0.05) is 11.8 Å². The number of aromatic nitrogens is 1. The van der Waals surface area contributed by atoms with Crippen LogP contribution in [0.15, 0.2) is 15.9 Å². The van der Waals surface area contributed by atoms with Gasteiger partial charge in [0.15, 0.2) is 0 Å². The maximum absolute atomic E-state index is 5.06. The zero-order valence-corrected chi connectivity index (χ0v) is 6.95. The van der Waals surface area contributed by atoms with E-state index in [1.165, 1.54) is 0 Å². The fourth-order valence-electron chi connectivity index (χ4n) is 0.610. The molecule has 0 spiro atoms. The minimum atomic E-state index is 0.508. The molecular weight excluding hydrogens is 166 g/mol. The van der Waals surface area contributed by atoms with Crippen LogP contribution < -0.4 is 0 Å². The van der Waals surface area contributed by atoms with Crippen molar-refractivity contribution in [1.29, 1.82) is 0 Å². The first-order valence-electron chi connectivity index (χ1n) is 3.09. The van der Waals surface area contributed by atoms with Gasteiger partial charge >= 0.3 is 0 Å². The third-order valence-electron chi connectivity index (χ3n) is 1.20. The van der Waals surface area contributed by atoms with Crippen molar-refractivity contribution in [3.05, 3.63) is 11.6 Å². The molecule has 1 aromatic heterocycles. The average molecular weight is 173 g/mol. The first-order chi connectivity index (χ1) is 4.95. The molecule has 0 saturated carbocycles. The van der Waals surface area contributed by atoms with E-state index in [0.717, 1.165) is 16.7 Å². The molecule has 1 aliphatic heterocycles. The van der Waals surface area contributed by atoms with E-state index >= 15 is 0 Å². The van der Waals surface area contributed by atoms with E-state index in [9.17, 15) is 0 Å². The van der Waals surface area contributed by atoms with Crippen molar-refractivity contribution in [2.24, 2.45) is 0 Å². The molecule has 1 aromatic rings. The monoisotopic (exact) mass is 173 g/mol. The molecule has 4 heteroatoms. The van der Waals surface area contributed by atoms with Crippen molar-refractivity contribution in [3.8, 4) is 0 Å². The summed E-state index contributed by atoms with van der Waals surface area (Å²) in [4.78, 5) is 4.14. The van der Waals surface area contributed by atoms with E-state index in [2.05, 4.69) is 4.98 Å². The lowest BCUT2D eigenvalue weighted by Crippen LogP contribution is -1.87. The Morgan fingerprint density at radius 2 is 2.80 bits per heavy atom. The van der Waals surface area contributed by atoms with Crippen LogP contribution in [-0.4, -0.2) is 23.4 Å². The van der Waals surface area contributed by atoms with Crippen LogP contribution >= 0.6 is 23.1 Å². The molecular formula is C6H7NOS2. The molecule has 0 N–H and O–H groups in total. The van der Waals surface area contributed by atoms with Gasteiger partial charge < -0.3 is 4.74 Å². The molecule has 1 unspecified atom stereocenters. The molecule has 0 aliphatic carbocycles. The van der Waals surface area contributed by atoms with Crippen molar-refractivity contribution in [2.75, 3.05) is 12.4 Å². The van der Waals surface area contributed by atoms with E-state index in [-0.39, 0.29) is 0 Å². The lowest BCUT2D eigenvalue weighted by Gasteiger charge is -1.89. The Balaban J connectivity index is 1.79. The van der Waals surface area contributed by atoms with Gasteiger partial charge in [-0.2, -0.15) is 0 Å². The summed E-state index contributed by atoms with van der Waals surface area (Å²) in [6.07, 6.45) is 2.34. The van der Waals surface area contributed by atoms with Crippen LogP contribution in [0, 0.1) is 0 Å². The van der Waals surface area contributed by atoms with Gasteiger partial charge in [0.05, 0.1) is 12.7 Å². The molecule has 0 amide bonds. The van der Waals surface area contributed by atoms with Gasteiger partial charge in [-0.3, -0.25) is 0 Å². The largest absolute Gasteiger partial charge is 0.372 e. The summed E-state index contributed by atoms with van der Waals surface area (Å²) in [6.45, 7) is 0.943. The SMILES string of the molecule is c1csc(SCC2CO2)n1. The van der Waals surface area contributed by atoms with Crippen LogP contribution in [-0.2, 0) is 4.74 Å². The summed E-state index contributed by atoms with van der Waals surface area (Å²) in [5, 5.41) is 2.00. The van der Waals surface area contributed by atoms with Crippen molar-refractivity contribution in [2.45, 2.75) is 10.4 Å². The molecule has 2 heterocycles. The standard InChI is InChI=1S/C6H7NOS2/c1-2-9-6(7-1)10-4-5-3-8-5/h1-2,5H,3-4H2. The van der Waals surface area contributed by atoms with Crippen LogP contribution in [0.5, 0.6) is 0 Å². The Hall–Kier alpha value is -0.0600. The van der Waals surface area contributed by atoms with E-state index in [1.807, 2.05) is 11.6 Å². The first-order valence-corrected chi connectivity index (χ1v) is 4.95. The normalized spacial score (nSPS) is 23.0. The number of hydrogen-bond acceptors (Lipinski definition) is 4. The molecule has 0 bridgehead atoms. The Morgan fingerprint density at radius 3 is 3.40 bits per heavy atom. The molecule has 0 radical (unpaired) electrons. The summed E-state index contributed by atoms with van der Waals surface area (Å²) in [7, 11) is 0. The third-order valence-corrected chi connectivity index (χ3v) is 3.30. The van der Waals surface area contributed by atoms with Gasteiger partial charge in [0, 0.05) is 17.3 Å². The highest BCUT2D eigenvalue weighted by atomic mass is 32.2. The second kappa shape index (κ2) is 2.90. The molecule has 1 aliphatic rings. The number of thiazole rings is 1. The second-order valence-corrected chi connectivity index (χ2v) is 4.23. The minimum absolute atomic E-state index is 0.508. The number of epoxide rings is 1. The highest BCUT2D eigenvalue weighted by Crippen LogP contribution is 2.24. The maximum Gasteiger partial charge on any atom is 0.149 e. The zero-order chi connectivity index (χ0) is 6.81. The van der Waals surface area contributed by atoms with Crippen molar-refractivity contribution in [3.63, 3.8) is 0 Å². The zero-order valence-electron chi connectivity index (χ0n) is 5.32. The Labute approximate surface area is 67.6 Å². The van der Waals surface area contributed by atoms with Crippen LogP contribution in [0.1, 0.15) is 0 Å². The average Bonchev–Trinajstić information content (AvgIpc) is 2.63. The summed E-state index contributed by atoms with van der Waals surface area (Å²) >= 11 is 3.47. The van der Waals surface area contributed by atoms with Gasteiger partial charge in [0.1, 0.15) is 4.34 Å². The van der Waals surface area contributed by atoms with Crippen LogP contribution in [0.4, 0.5) is 0 Å². The summed E-state index contributed by atoms with van der Waals surface area (Å²) in [5.41, 5.74) is 0. The molecule has 54 valence electrons. The third kappa shape index (κ3) is 1.71. The summed E-state index contributed by atoms with van der Waals surface area (Å²) < 4.78 is 6.21. The van der Waals surface area contributed by atoms with E-state index in [4.69, 9.17) is 4.74 Å². The van der Waals surface area contributed by atoms with Gasteiger partial charge in [0.25, 0.3) is 0 Å². The maximum atomic E-state index is 5.06. The number of nitrogens with zero attached hydrogens (tertiary/aromatic N) is 1. The highest BCUT2D eigenvalue weighted by Gasteiger charge is 2.22. The molecule has 1 fully saturated rings. The van der Waals surface area contributed by atoms with Crippen LogP contribution in [0.25, 0.3) is 0 Å². The Kier molecular flexibility index (Phi) is 1.93. The molecule has 1 atom stereocenters. The van der Waals surface area contributed by atoms with Crippen molar-refractivity contribution in [1.82, 2.24) is 4.98 Å². The fraction of sp³-hybridized carbons (Fsp3) is 0.500. The predicted octanol–water partition coefficient (Wildman–Crippen LogP) is 1.63. The van der Waals surface area contributed by atoms with E-state index in [0.29, 0.717) is 6.10 Å². The number of hydrogen-bond donors (Lipinski definition) is 0. The fourth-order valence-corrected chi connectivity index (χ4v) is 2.27. The molecule has 10 heavy (non-hydrogen) atoms. The van der Waals surface area contributed by atoms with Gasteiger partial charge in [-0.15, -0.1) is 11.3 Å². The summed E-state index contributed by atoms with van der Waals surface area (Å²) in [6, 6.07) is 0. The summed E-state index contributed by atoms with van der Waals surface area (Å²) in [5.74, 6) is 1.06. The molecule has 2 nitrogen and oxygen atoms in total. The van der Waals surface area contributed by atoms with E-state index in [1.54, 1.807) is 23.1 Å².